The minimum absolute atomic E-state index is 0.0789. The van der Waals surface area contributed by atoms with Gasteiger partial charge < -0.3 is 4.42 Å². The Labute approximate surface area is 264 Å². The van der Waals surface area contributed by atoms with Gasteiger partial charge in [0.1, 0.15) is 11.2 Å². The van der Waals surface area contributed by atoms with Gasteiger partial charge in [-0.1, -0.05) is 127 Å². The van der Waals surface area contributed by atoms with E-state index in [0.717, 1.165) is 43.4 Å². The summed E-state index contributed by atoms with van der Waals surface area (Å²) < 4.78 is 103. The van der Waals surface area contributed by atoms with Gasteiger partial charge in [-0.3, -0.25) is 0 Å². The van der Waals surface area contributed by atoms with Gasteiger partial charge in [0.15, 0.2) is 0 Å². The molecule has 0 aliphatic heterocycles. The molecule has 0 amide bonds. The number of rotatable bonds is 3. The molecule has 1 nitrogen and oxygen atoms in total. The molecule has 1 heteroatoms. The lowest BCUT2D eigenvalue weighted by Gasteiger charge is -2.18. The molecule has 0 spiro atoms. The Hall–Kier alpha value is -5.66. The van der Waals surface area contributed by atoms with Crippen LogP contribution in [0.4, 0.5) is 0 Å². The number of fused-ring (bicyclic) bond motifs is 6. The predicted molar refractivity (Wildman–Crippen MR) is 183 cm³/mol. The van der Waals surface area contributed by atoms with Crippen molar-refractivity contribution in [2.75, 3.05) is 0 Å². The quantitative estimate of drug-likeness (QED) is 0.197. The van der Waals surface area contributed by atoms with Crippen LogP contribution in [0, 0.1) is 0 Å². The van der Waals surface area contributed by atoms with E-state index in [4.69, 9.17) is 15.4 Å². The van der Waals surface area contributed by atoms with Crippen molar-refractivity contribution in [3.63, 3.8) is 0 Å². The zero-order valence-corrected chi connectivity index (χ0v) is 22.6. The molecule has 1 aromatic heterocycles. The number of benzene rings is 8. The monoisotopic (exact) mass is 557 g/mol. The average molecular weight is 558 g/mol. The van der Waals surface area contributed by atoms with E-state index < -0.39 is 59.5 Å². The van der Waals surface area contributed by atoms with Crippen LogP contribution in [0.15, 0.2) is 162 Å². The third kappa shape index (κ3) is 3.79. The highest BCUT2D eigenvalue weighted by Crippen LogP contribution is 2.45. The van der Waals surface area contributed by atoms with Crippen LogP contribution in [0.5, 0.6) is 0 Å². The Morgan fingerprint density at radius 3 is 1.58 bits per heavy atom. The van der Waals surface area contributed by atoms with Crippen LogP contribution < -0.4 is 0 Å². The van der Waals surface area contributed by atoms with E-state index in [0.29, 0.717) is 5.56 Å². The van der Waals surface area contributed by atoms with Gasteiger partial charge in [-0.05, 0) is 95.9 Å². The van der Waals surface area contributed by atoms with Crippen LogP contribution in [0.1, 0.15) is 15.1 Å². The molecule has 0 radical (unpaired) electrons. The first-order chi connectivity index (χ1) is 25.9. The molecule has 0 bridgehead atoms. The molecule has 0 fully saturated rings. The zero-order chi connectivity index (χ0) is 37.9. The lowest BCUT2D eigenvalue weighted by atomic mass is 9.85. The second-order valence-corrected chi connectivity index (χ2v) is 10.4. The number of hydrogen-bond acceptors (Lipinski definition) is 1. The molecule has 0 aliphatic rings. The summed E-state index contributed by atoms with van der Waals surface area (Å²) >= 11 is 0. The maximum absolute atomic E-state index is 9.57. The first-order valence-corrected chi connectivity index (χ1v) is 13.9. The van der Waals surface area contributed by atoms with E-state index in [2.05, 4.69) is 30.3 Å². The van der Waals surface area contributed by atoms with Gasteiger partial charge in [0.05, 0.1) is 15.1 Å². The lowest BCUT2D eigenvalue weighted by molar-refractivity contribution is 0.669. The molecular formula is C42H26O. The van der Waals surface area contributed by atoms with Gasteiger partial charge >= 0.3 is 0 Å². The average Bonchev–Trinajstić information content (AvgIpc) is 3.60. The fraction of sp³-hybridized carbons (Fsp3) is 0. The van der Waals surface area contributed by atoms with Gasteiger partial charge in [-0.15, -0.1) is 0 Å². The molecule has 0 unspecified atom stereocenters. The number of hydrogen-bond donors (Lipinski definition) is 0. The van der Waals surface area contributed by atoms with E-state index in [9.17, 15) is 4.11 Å². The second kappa shape index (κ2) is 9.44. The Morgan fingerprint density at radius 1 is 0.395 bits per heavy atom. The summed E-state index contributed by atoms with van der Waals surface area (Å²) in [5.74, 6) is 0. The third-order valence-electron chi connectivity index (χ3n) is 7.98. The Balaban J connectivity index is 1.38. The van der Waals surface area contributed by atoms with Crippen molar-refractivity contribution in [1.82, 2.24) is 0 Å². The molecule has 0 N–H and O–H groups in total. The topological polar surface area (TPSA) is 13.1 Å². The fourth-order valence-corrected chi connectivity index (χ4v) is 6.06. The van der Waals surface area contributed by atoms with Gasteiger partial charge in [0.2, 0.25) is 0 Å². The Morgan fingerprint density at radius 2 is 0.930 bits per heavy atom. The summed E-state index contributed by atoms with van der Waals surface area (Å²) in [6.07, 6.45) is 0. The smallest absolute Gasteiger partial charge is 0.136 e. The Kier molecular flexibility index (Phi) is 3.41. The van der Waals surface area contributed by atoms with E-state index in [-0.39, 0.29) is 45.6 Å². The van der Waals surface area contributed by atoms with Crippen LogP contribution in [0.25, 0.3) is 87.6 Å². The molecule has 9 rings (SSSR count). The zero-order valence-electron chi connectivity index (χ0n) is 33.6. The summed E-state index contributed by atoms with van der Waals surface area (Å²) in [6, 6.07) is 24.2. The summed E-state index contributed by atoms with van der Waals surface area (Å²) in [6.45, 7) is 0. The van der Waals surface area contributed by atoms with Crippen LogP contribution in [0.2, 0.25) is 0 Å². The third-order valence-corrected chi connectivity index (χ3v) is 7.98. The molecule has 0 atom stereocenters. The van der Waals surface area contributed by atoms with Gasteiger partial charge in [-0.2, -0.15) is 0 Å². The first-order valence-electron chi connectivity index (χ1n) is 19.4. The maximum Gasteiger partial charge on any atom is 0.136 e. The molecule has 1 heterocycles. The summed E-state index contributed by atoms with van der Waals surface area (Å²) in [7, 11) is 0. The summed E-state index contributed by atoms with van der Waals surface area (Å²) in [4.78, 5) is 0. The highest BCUT2D eigenvalue weighted by atomic mass is 16.3. The van der Waals surface area contributed by atoms with E-state index >= 15 is 0 Å². The summed E-state index contributed by atoms with van der Waals surface area (Å²) in [5, 5.41) is 5.22. The second-order valence-electron chi connectivity index (χ2n) is 10.4. The summed E-state index contributed by atoms with van der Waals surface area (Å²) in [5.41, 5.74) is 1.38. The van der Waals surface area contributed by atoms with Crippen LogP contribution >= 0.6 is 0 Å². The molecule has 0 saturated carbocycles. The van der Waals surface area contributed by atoms with E-state index in [1.807, 2.05) is 60.7 Å². The highest BCUT2D eigenvalue weighted by molar-refractivity contribution is 6.22. The molecular weight excluding hydrogens is 520 g/mol. The van der Waals surface area contributed by atoms with Crippen LogP contribution in [-0.2, 0) is 0 Å². The largest absolute Gasteiger partial charge is 0.456 e. The SMILES string of the molecule is [2H]c1c([2H])c([2H])c(-c2c([2H])c([2H])c3c(oc4c([2H])c(-c5c6ccccc6c(-c6ccc7ccccc7c6)c6ccccc56)c([2H])c([2H])c43)c2[2H])c([2H])c1[2H]. The number of furan rings is 1. The first kappa shape index (κ1) is 15.5. The van der Waals surface area contributed by atoms with Crippen molar-refractivity contribution < 1.29 is 19.5 Å². The van der Waals surface area contributed by atoms with Crippen LogP contribution in [-0.4, -0.2) is 0 Å². The maximum atomic E-state index is 9.57. The van der Waals surface area contributed by atoms with Crippen molar-refractivity contribution in [1.29, 1.82) is 0 Å². The van der Waals surface area contributed by atoms with Crippen molar-refractivity contribution in [3.05, 3.63) is 157 Å². The molecule has 9 aromatic rings. The van der Waals surface area contributed by atoms with Crippen molar-refractivity contribution in [3.8, 4) is 33.4 Å². The molecule has 0 saturated heterocycles. The molecule has 0 aliphatic carbocycles. The fourth-order valence-electron chi connectivity index (χ4n) is 6.06. The minimum Gasteiger partial charge on any atom is -0.456 e. The van der Waals surface area contributed by atoms with Crippen molar-refractivity contribution in [2.24, 2.45) is 0 Å². The Bertz CT molecular complexity index is 3040. The molecule has 8 aromatic carbocycles. The predicted octanol–water partition coefficient (Wildman–Crippen LogP) is 12.0. The highest BCUT2D eigenvalue weighted by Gasteiger charge is 2.18. The van der Waals surface area contributed by atoms with Crippen molar-refractivity contribution >= 4 is 54.3 Å². The van der Waals surface area contributed by atoms with E-state index in [1.165, 1.54) is 0 Å². The molecule has 43 heavy (non-hydrogen) atoms. The van der Waals surface area contributed by atoms with Crippen molar-refractivity contribution in [2.45, 2.75) is 0 Å². The minimum atomic E-state index is -0.655. The molecule has 200 valence electrons. The standard InChI is InChI=1S/C42H26O/c1-2-10-27(11-3-1)30-20-22-33-34-23-21-32(26-40(34)43-39(33)25-30)42-37-16-8-6-14-35(37)41(36-15-7-9-17-38(36)42)31-19-18-28-12-4-5-13-29(28)24-31/h1-26H/i1D,2D,3D,10D,11D,20D,21D,22D,23D,25D,26D. The van der Waals surface area contributed by atoms with Gasteiger partial charge in [0, 0.05) is 10.8 Å². The van der Waals surface area contributed by atoms with E-state index in [1.54, 1.807) is 0 Å². The van der Waals surface area contributed by atoms with Crippen LogP contribution in [0.3, 0.4) is 0 Å². The lowest BCUT2D eigenvalue weighted by Crippen LogP contribution is -1.91. The normalized spacial score (nSPS) is 15.3. The van der Waals surface area contributed by atoms with Gasteiger partial charge in [-0.25, -0.2) is 0 Å². The van der Waals surface area contributed by atoms with Gasteiger partial charge in [0.25, 0.3) is 0 Å².